The molecule has 0 saturated heterocycles. The predicted molar refractivity (Wildman–Crippen MR) is 139 cm³/mol. The van der Waals surface area contributed by atoms with Crippen molar-refractivity contribution in [3.8, 4) is 17.0 Å². The Morgan fingerprint density at radius 1 is 1.05 bits per heavy atom. The Kier molecular flexibility index (Phi) is 6.67. The molecule has 9 nitrogen and oxygen atoms in total. The molecule has 9 heteroatoms. The number of furan rings is 1. The molecule has 0 radical (unpaired) electrons. The number of likely N-dealkylation sites (N-methyl/N-ethyl adjacent to an activating group) is 1. The molecule has 2 amide bonds. The second kappa shape index (κ2) is 10.4. The third kappa shape index (κ3) is 5.20. The molecule has 0 unspecified atom stereocenters. The van der Waals surface area contributed by atoms with Crippen molar-refractivity contribution in [2.75, 3.05) is 26.0 Å². The highest BCUT2D eigenvalue weighted by Gasteiger charge is 2.22. The molecule has 3 heterocycles. The van der Waals surface area contributed by atoms with Crippen LogP contribution in [-0.2, 0) is 11.3 Å². The average Bonchev–Trinajstić information content (AvgIpc) is 3.58. The Balaban J connectivity index is 1.45. The van der Waals surface area contributed by atoms with Crippen LogP contribution >= 0.6 is 0 Å². The highest BCUT2D eigenvalue weighted by Crippen LogP contribution is 2.26. The van der Waals surface area contributed by atoms with E-state index < -0.39 is 0 Å². The maximum Gasteiger partial charge on any atom is 0.254 e. The van der Waals surface area contributed by atoms with E-state index >= 15 is 0 Å². The monoisotopic (exact) mass is 495 g/mol. The quantitative estimate of drug-likeness (QED) is 0.341. The third-order valence-corrected chi connectivity index (χ3v) is 5.88. The van der Waals surface area contributed by atoms with Gasteiger partial charge in [0.25, 0.3) is 5.91 Å². The lowest BCUT2D eigenvalue weighted by molar-refractivity contribution is -0.116. The van der Waals surface area contributed by atoms with Gasteiger partial charge in [-0.1, -0.05) is 36.4 Å². The van der Waals surface area contributed by atoms with Gasteiger partial charge < -0.3 is 19.4 Å². The van der Waals surface area contributed by atoms with Gasteiger partial charge in [0, 0.05) is 24.4 Å². The van der Waals surface area contributed by atoms with Gasteiger partial charge in [-0.2, -0.15) is 5.10 Å². The number of nitrogens with zero attached hydrogens (tertiary/aromatic N) is 4. The molecule has 0 atom stereocenters. The summed E-state index contributed by atoms with van der Waals surface area (Å²) in [6.07, 6.45) is 3.22. The molecule has 3 aromatic heterocycles. The number of amides is 2. The van der Waals surface area contributed by atoms with Crippen molar-refractivity contribution < 1.29 is 18.7 Å². The summed E-state index contributed by atoms with van der Waals surface area (Å²) >= 11 is 0. The van der Waals surface area contributed by atoms with Gasteiger partial charge in [-0.25, -0.2) is 9.67 Å². The number of nitrogens with one attached hydrogen (secondary N) is 1. The van der Waals surface area contributed by atoms with E-state index in [-0.39, 0.29) is 18.4 Å². The van der Waals surface area contributed by atoms with Crippen molar-refractivity contribution in [2.45, 2.75) is 6.54 Å². The van der Waals surface area contributed by atoms with Crippen LogP contribution in [-0.4, -0.2) is 52.2 Å². The lowest BCUT2D eigenvalue weighted by Crippen LogP contribution is -2.35. The fraction of sp³-hybridized carbons (Fsp3) is 0.143. The van der Waals surface area contributed by atoms with E-state index in [9.17, 15) is 9.59 Å². The summed E-state index contributed by atoms with van der Waals surface area (Å²) in [5.41, 5.74) is 3.04. The van der Waals surface area contributed by atoms with Gasteiger partial charge in [0.2, 0.25) is 5.91 Å². The number of fused-ring (bicyclic) bond motifs is 1. The maximum atomic E-state index is 13.6. The summed E-state index contributed by atoms with van der Waals surface area (Å²) in [6.45, 7) is 0.231. The highest BCUT2D eigenvalue weighted by molar-refractivity contribution is 6.07. The number of benzene rings is 2. The first-order valence-corrected chi connectivity index (χ1v) is 11.7. The number of carbonyl (C=O) groups excluding carboxylic acids is 2. The van der Waals surface area contributed by atoms with E-state index in [0.29, 0.717) is 40.3 Å². The first kappa shape index (κ1) is 23.8. The molecule has 0 aliphatic heterocycles. The van der Waals surface area contributed by atoms with Crippen LogP contribution in [0.25, 0.3) is 22.3 Å². The number of pyridine rings is 1. The standard InChI is InChI=1S/C28H25N5O4/c1-32(18-26(34)30-20-10-6-11-21(14-20)36-2)28(35)23-15-25(19-8-4-3-5-9-19)31-27-24(23)16-29-33(27)17-22-12-7-13-37-22/h3-16H,17-18H2,1-2H3,(H,30,34). The fourth-order valence-corrected chi connectivity index (χ4v) is 4.04. The van der Waals surface area contributed by atoms with Crippen LogP contribution in [0.4, 0.5) is 5.69 Å². The van der Waals surface area contributed by atoms with Crippen molar-refractivity contribution >= 4 is 28.5 Å². The third-order valence-electron chi connectivity index (χ3n) is 5.88. The number of ether oxygens (including phenoxy) is 1. The molecule has 5 rings (SSSR count). The van der Waals surface area contributed by atoms with Gasteiger partial charge in [-0.05, 0) is 30.3 Å². The van der Waals surface area contributed by atoms with E-state index in [2.05, 4.69) is 10.4 Å². The van der Waals surface area contributed by atoms with E-state index in [1.165, 1.54) is 4.90 Å². The van der Waals surface area contributed by atoms with E-state index in [1.54, 1.807) is 61.6 Å². The summed E-state index contributed by atoms with van der Waals surface area (Å²) in [7, 11) is 3.15. The summed E-state index contributed by atoms with van der Waals surface area (Å²) < 4.78 is 12.4. The second-order valence-electron chi connectivity index (χ2n) is 8.48. The first-order valence-electron chi connectivity index (χ1n) is 11.7. The van der Waals surface area contributed by atoms with Crippen LogP contribution in [0.1, 0.15) is 16.1 Å². The first-order chi connectivity index (χ1) is 18.0. The molecule has 0 spiro atoms. The normalized spacial score (nSPS) is 10.9. The van der Waals surface area contributed by atoms with Crippen molar-refractivity contribution in [3.63, 3.8) is 0 Å². The van der Waals surface area contributed by atoms with Crippen molar-refractivity contribution in [1.82, 2.24) is 19.7 Å². The Morgan fingerprint density at radius 2 is 1.89 bits per heavy atom. The molecule has 5 aromatic rings. The maximum absolute atomic E-state index is 13.6. The van der Waals surface area contributed by atoms with Crippen LogP contribution < -0.4 is 10.1 Å². The lowest BCUT2D eigenvalue weighted by atomic mass is 10.1. The molecule has 0 aliphatic rings. The zero-order valence-electron chi connectivity index (χ0n) is 20.4. The molecular formula is C28H25N5O4. The van der Waals surface area contributed by atoms with Crippen LogP contribution in [0, 0.1) is 0 Å². The van der Waals surface area contributed by atoms with E-state index in [4.69, 9.17) is 14.1 Å². The SMILES string of the molecule is COc1cccc(NC(=O)CN(C)C(=O)c2cc(-c3ccccc3)nc3c2cnn3Cc2ccco2)c1. The number of rotatable bonds is 8. The summed E-state index contributed by atoms with van der Waals surface area (Å²) in [5, 5.41) is 7.87. The zero-order valence-corrected chi connectivity index (χ0v) is 20.4. The van der Waals surface area contributed by atoms with Gasteiger partial charge in [0.15, 0.2) is 5.65 Å². The second-order valence-corrected chi connectivity index (χ2v) is 8.48. The minimum atomic E-state index is -0.328. The number of aromatic nitrogens is 3. The lowest BCUT2D eigenvalue weighted by Gasteiger charge is -2.18. The number of carbonyl (C=O) groups is 2. The van der Waals surface area contributed by atoms with Crippen molar-refractivity contribution in [3.05, 3.63) is 96.6 Å². The van der Waals surface area contributed by atoms with Crippen LogP contribution in [0.15, 0.2) is 89.7 Å². The van der Waals surface area contributed by atoms with Gasteiger partial charge >= 0.3 is 0 Å². The van der Waals surface area contributed by atoms with Crippen LogP contribution in [0.5, 0.6) is 5.75 Å². The van der Waals surface area contributed by atoms with E-state index in [0.717, 1.165) is 11.3 Å². The Hall–Kier alpha value is -4.92. The molecule has 37 heavy (non-hydrogen) atoms. The van der Waals surface area contributed by atoms with Crippen molar-refractivity contribution in [1.29, 1.82) is 0 Å². The zero-order chi connectivity index (χ0) is 25.8. The minimum absolute atomic E-state index is 0.138. The van der Waals surface area contributed by atoms with Crippen molar-refractivity contribution in [2.24, 2.45) is 0 Å². The molecule has 186 valence electrons. The number of hydrogen-bond donors (Lipinski definition) is 1. The summed E-state index contributed by atoms with van der Waals surface area (Å²) in [6, 6.07) is 22.1. The number of hydrogen-bond acceptors (Lipinski definition) is 6. The van der Waals surface area contributed by atoms with E-state index in [1.807, 2.05) is 42.5 Å². The molecule has 0 bridgehead atoms. The molecule has 0 aliphatic carbocycles. The molecular weight excluding hydrogens is 470 g/mol. The molecule has 1 N–H and O–H groups in total. The molecule has 2 aromatic carbocycles. The average molecular weight is 496 g/mol. The molecule has 0 saturated carbocycles. The number of methoxy groups -OCH3 is 1. The van der Waals surface area contributed by atoms with Crippen LogP contribution in [0.2, 0.25) is 0 Å². The minimum Gasteiger partial charge on any atom is -0.497 e. The van der Waals surface area contributed by atoms with Gasteiger partial charge in [-0.15, -0.1) is 0 Å². The smallest absolute Gasteiger partial charge is 0.254 e. The Bertz CT molecular complexity index is 1540. The topological polar surface area (TPSA) is 102 Å². The Labute approximate surface area is 213 Å². The van der Waals surface area contributed by atoms with Gasteiger partial charge in [-0.3, -0.25) is 9.59 Å². The largest absolute Gasteiger partial charge is 0.497 e. The van der Waals surface area contributed by atoms with Crippen LogP contribution in [0.3, 0.4) is 0 Å². The Morgan fingerprint density at radius 3 is 2.65 bits per heavy atom. The summed E-state index contributed by atoms with van der Waals surface area (Å²) in [5.74, 6) is 0.701. The predicted octanol–water partition coefficient (Wildman–Crippen LogP) is 4.46. The van der Waals surface area contributed by atoms with Gasteiger partial charge in [0.05, 0.1) is 42.8 Å². The van der Waals surface area contributed by atoms with Gasteiger partial charge in [0.1, 0.15) is 18.1 Å². The number of anilines is 1. The fourth-order valence-electron chi connectivity index (χ4n) is 4.04. The molecule has 0 fully saturated rings. The summed E-state index contributed by atoms with van der Waals surface area (Å²) in [4.78, 5) is 32.5. The highest BCUT2D eigenvalue weighted by atomic mass is 16.5.